The van der Waals surface area contributed by atoms with E-state index in [-0.39, 0.29) is 0 Å². The van der Waals surface area contributed by atoms with Crippen LogP contribution in [0.3, 0.4) is 0 Å². The summed E-state index contributed by atoms with van der Waals surface area (Å²) >= 11 is 2.10. The van der Waals surface area contributed by atoms with Gasteiger partial charge in [0.2, 0.25) is 0 Å². The van der Waals surface area contributed by atoms with Gasteiger partial charge in [-0.2, -0.15) is 11.8 Å². The standard InChI is InChI=1S/C13H25N3S/c1-4-16-5-2-12(1)13(11-16)14-3-6-15-7-9-17-10-8-15/h12-14H,1-11H2. The van der Waals surface area contributed by atoms with E-state index in [0.29, 0.717) is 0 Å². The topological polar surface area (TPSA) is 18.5 Å². The summed E-state index contributed by atoms with van der Waals surface area (Å²) in [6.07, 6.45) is 2.86. The SMILES string of the molecule is C(CN1CCSCC1)NC1CN2CCC1CC2. The number of nitrogens with one attached hydrogen (secondary N) is 1. The molecule has 0 spiro atoms. The summed E-state index contributed by atoms with van der Waals surface area (Å²) < 4.78 is 0. The van der Waals surface area contributed by atoms with Crippen LogP contribution in [0, 0.1) is 5.92 Å². The minimum absolute atomic E-state index is 0.789. The molecule has 1 N–H and O–H groups in total. The fraction of sp³-hybridized carbons (Fsp3) is 1.00. The van der Waals surface area contributed by atoms with Crippen molar-refractivity contribution in [2.75, 3.05) is 57.3 Å². The van der Waals surface area contributed by atoms with Gasteiger partial charge in [-0.1, -0.05) is 0 Å². The number of rotatable bonds is 4. The van der Waals surface area contributed by atoms with Crippen molar-refractivity contribution in [1.29, 1.82) is 0 Å². The second-order valence-corrected chi connectivity index (χ2v) is 6.88. The van der Waals surface area contributed by atoms with Crippen molar-refractivity contribution in [2.24, 2.45) is 5.92 Å². The first-order chi connectivity index (χ1) is 8.42. The van der Waals surface area contributed by atoms with Gasteiger partial charge in [0.1, 0.15) is 0 Å². The molecule has 0 aromatic rings. The van der Waals surface area contributed by atoms with E-state index in [2.05, 4.69) is 26.9 Å². The number of hydrogen-bond acceptors (Lipinski definition) is 4. The molecule has 0 aromatic heterocycles. The van der Waals surface area contributed by atoms with E-state index in [1.165, 1.54) is 70.2 Å². The Morgan fingerprint density at radius 3 is 2.47 bits per heavy atom. The number of fused-ring (bicyclic) bond motifs is 3. The van der Waals surface area contributed by atoms with Gasteiger partial charge in [-0.15, -0.1) is 0 Å². The van der Waals surface area contributed by atoms with E-state index in [0.717, 1.165) is 12.0 Å². The first-order valence-corrected chi connectivity index (χ1v) is 8.33. The molecule has 4 saturated heterocycles. The van der Waals surface area contributed by atoms with Crippen molar-refractivity contribution >= 4 is 11.8 Å². The van der Waals surface area contributed by atoms with Crippen molar-refractivity contribution < 1.29 is 0 Å². The average Bonchev–Trinajstić information content (AvgIpc) is 2.41. The van der Waals surface area contributed by atoms with Gasteiger partial charge in [0, 0.05) is 50.3 Å². The van der Waals surface area contributed by atoms with Crippen LogP contribution in [0.25, 0.3) is 0 Å². The Hall–Kier alpha value is 0.230. The molecule has 4 aliphatic heterocycles. The Bertz CT molecular complexity index is 235. The van der Waals surface area contributed by atoms with E-state index >= 15 is 0 Å². The normalized spacial score (nSPS) is 38.5. The highest BCUT2D eigenvalue weighted by atomic mass is 32.2. The molecule has 3 nitrogen and oxygen atoms in total. The highest BCUT2D eigenvalue weighted by molar-refractivity contribution is 7.99. The Morgan fingerprint density at radius 2 is 1.82 bits per heavy atom. The van der Waals surface area contributed by atoms with Crippen LogP contribution in [-0.2, 0) is 0 Å². The molecular weight excluding hydrogens is 230 g/mol. The monoisotopic (exact) mass is 255 g/mol. The molecule has 98 valence electrons. The zero-order valence-corrected chi connectivity index (χ0v) is 11.6. The molecule has 1 atom stereocenters. The molecule has 0 saturated carbocycles. The van der Waals surface area contributed by atoms with Crippen molar-refractivity contribution in [3.8, 4) is 0 Å². The van der Waals surface area contributed by atoms with Gasteiger partial charge in [0.15, 0.2) is 0 Å². The smallest absolute Gasteiger partial charge is 0.0224 e. The third-order valence-corrected chi connectivity index (χ3v) is 5.54. The van der Waals surface area contributed by atoms with Crippen LogP contribution < -0.4 is 5.32 Å². The van der Waals surface area contributed by atoms with Crippen molar-refractivity contribution in [3.05, 3.63) is 0 Å². The quantitative estimate of drug-likeness (QED) is 0.797. The molecule has 0 aromatic carbocycles. The van der Waals surface area contributed by atoms with Crippen molar-refractivity contribution in [1.82, 2.24) is 15.1 Å². The number of nitrogens with zero attached hydrogens (tertiary/aromatic N) is 2. The average molecular weight is 255 g/mol. The zero-order valence-electron chi connectivity index (χ0n) is 10.7. The van der Waals surface area contributed by atoms with Crippen LogP contribution in [0.15, 0.2) is 0 Å². The molecule has 2 bridgehead atoms. The summed E-state index contributed by atoms with van der Waals surface area (Å²) in [7, 11) is 0. The summed E-state index contributed by atoms with van der Waals surface area (Å²) in [6, 6.07) is 0.789. The third kappa shape index (κ3) is 3.16. The predicted octanol–water partition coefficient (Wildman–Crippen LogP) is 0.719. The Morgan fingerprint density at radius 1 is 1.06 bits per heavy atom. The lowest BCUT2D eigenvalue weighted by molar-refractivity contribution is 0.0715. The van der Waals surface area contributed by atoms with Gasteiger partial charge in [-0.25, -0.2) is 0 Å². The molecular formula is C13H25N3S. The Kier molecular flexibility index (Phi) is 4.27. The zero-order chi connectivity index (χ0) is 11.5. The van der Waals surface area contributed by atoms with Gasteiger partial charge >= 0.3 is 0 Å². The van der Waals surface area contributed by atoms with E-state index in [4.69, 9.17) is 0 Å². The second-order valence-electron chi connectivity index (χ2n) is 5.65. The minimum Gasteiger partial charge on any atom is -0.311 e. The van der Waals surface area contributed by atoms with Crippen LogP contribution in [-0.4, -0.2) is 73.2 Å². The predicted molar refractivity (Wildman–Crippen MR) is 74.7 cm³/mol. The highest BCUT2D eigenvalue weighted by Gasteiger charge is 2.33. The Labute approximate surface area is 109 Å². The summed E-state index contributed by atoms with van der Waals surface area (Å²) in [4.78, 5) is 5.25. The summed E-state index contributed by atoms with van der Waals surface area (Å²) in [5.41, 5.74) is 0. The molecule has 4 fully saturated rings. The van der Waals surface area contributed by atoms with E-state index < -0.39 is 0 Å². The largest absolute Gasteiger partial charge is 0.311 e. The molecule has 4 heteroatoms. The van der Waals surface area contributed by atoms with E-state index in [1.807, 2.05) is 0 Å². The van der Waals surface area contributed by atoms with Crippen molar-refractivity contribution in [2.45, 2.75) is 18.9 Å². The number of thioether (sulfide) groups is 1. The van der Waals surface area contributed by atoms with Gasteiger partial charge in [-0.05, 0) is 31.8 Å². The van der Waals surface area contributed by atoms with Crippen LogP contribution in [0.1, 0.15) is 12.8 Å². The van der Waals surface area contributed by atoms with Gasteiger partial charge in [0.05, 0.1) is 0 Å². The van der Waals surface area contributed by atoms with Crippen LogP contribution in [0.2, 0.25) is 0 Å². The molecule has 0 amide bonds. The Balaban J connectivity index is 1.36. The first-order valence-electron chi connectivity index (χ1n) is 7.18. The molecule has 4 aliphatic rings. The molecule has 4 heterocycles. The summed E-state index contributed by atoms with van der Waals surface area (Å²) in [5.74, 6) is 3.64. The van der Waals surface area contributed by atoms with E-state index in [9.17, 15) is 0 Å². The molecule has 1 unspecified atom stereocenters. The van der Waals surface area contributed by atoms with Gasteiger partial charge in [-0.3, -0.25) is 0 Å². The number of piperidine rings is 3. The maximum Gasteiger partial charge on any atom is 0.0224 e. The minimum atomic E-state index is 0.789. The maximum absolute atomic E-state index is 3.81. The third-order valence-electron chi connectivity index (χ3n) is 4.59. The molecule has 0 aliphatic carbocycles. The fourth-order valence-electron chi connectivity index (χ4n) is 3.43. The first kappa shape index (κ1) is 12.3. The van der Waals surface area contributed by atoms with Gasteiger partial charge < -0.3 is 15.1 Å². The van der Waals surface area contributed by atoms with Crippen LogP contribution >= 0.6 is 11.8 Å². The van der Waals surface area contributed by atoms with Crippen molar-refractivity contribution in [3.63, 3.8) is 0 Å². The second kappa shape index (κ2) is 5.91. The number of hydrogen-bond donors (Lipinski definition) is 1. The lowest BCUT2D eigenvalue weighted by Gasteiger charge is -2.45. The van der Waals surface area contributed by atoms with E-state index in [1.54, 1.807) is 0 Å². The lowest BCUT2D eigenvalue weighted by Crippen LogP contribution is -2.57. The fourth-order valence-corrected chi connectivity index (χ4v) is 4.41. The molecule has 17 heavy (non-hydrogen) atoms. The summed E-state index contributed by atoms with van der Waals surface area (Å²) in [6.45, 7) is 9.06. The lowest BCUT2D eigenvalue weighted by atomic mass is 9.84. The van der Waals surface area contributed by atoms with Crippen LogP contribution in [0.4, 0.5) is 0 Å². The molecule has 4 rings (SSSR count). The van der Waals surface area contributed by atoms with Gasteiger partial charge in [0.25, 0.3) is 0 Å². The summed E-state index contributed by atoms with van der Waals surface area (Å²) in [5, 5.41) is 3.81. The highest BCUT2D eigenvalue weighted by Crippen LogP contribution is 2.27. The van der Waals surface area contributed by atoms with Crippen LogP contribution in [0.5, 0.6) is 0 Å². The molecule has 0 radical (unpaired) electrons. The maximum atomic E-state index is 3.81.